The highest BCUT2D eigenvalue weighted by Crippen LogP contribution is 2.24. The van der Waals surface area contributed by atoms with Crippen LogP contribution in [0.1, 0.15) is 13.3 Å². The average Bonchev–Trinajstić information content (AvgIpc) is 1.98. The summed E-state index contributed by atoms with van der Waals surface area (Å²) >= 11 is 0. The topological polar surface area (TPSA) is 49.4 Å². The van der Waals surface area contributed by atoms with E-state index in [1.165, 1.54) is 11.8 Å². The molecule has 1 aliphatic heterocycles. The maximum absolute atomic E-state index is 12.0. The monoisotopic (exact) mass is 224 g/mol. The van der Waals surface area contributed by atoms with E-state index in [-0.39, 0.29) is 13.1 Å². The number of amides is 2. The molecule has 1 atom stereocenters. The van der Waals surface area contributed by atoms with E-state index >= 15 is 0 Å². The third-order valence-electron chi connectivity index (χ3n) is 2.12. The SMILES string of the molecule is CC(CC(F)(F)F)N1CC(=O)NC(=O)C1. The Bertz CT molecular complexity index is 262. The molecule has 7 heteroatoms. The summed E-state index contributed by atoms with van der Waals surface area (Å²) in [6.45, 7) is 1.02. The molecule has 0 bridgehead atoms. The Morgan fingerprint density at radius 1 is 1.33 bits per heavy atom. The molecule has 1 rings (SSSR count). The van der Waals surface area contributed by atoms with E-state index in [9.17, 15) is 22.8 Å². The van der Waals surface area contributed by atoms with E-state index in [1.54, 1.807) is 0 Å². The third-order valence-corrected chi connectivity index (χ3v) is 2.12. The zero-order valence-electron chi connectivity index (χ0n) is 8.10. The molecule has 1 fully saturated rings. The molecular formula is C8H11F3N2O2. The first-order valence-electron chi connectivity index (χ1n) is 4.41. The van der Waals surface area contributed by atoms with Crippen molar-refractivity contribution in [2.24, 2.45) is 0 Å². The van der Waals surface area contributed by atoms with E-state index in [1.807, 2.05) is 5.32 Å². The van der Waals surface area contributed by atoms with Gasteiger partial charge in [-0.15, -0.1) is 0 Å². The maximum Gasteiger partial charge on any atom is 0.390 e. The fraction of sp³-hybridized carbons (Fsp3) is 0.750. The van der Waals surface area contributed by atoms with Gasteiger partial charge in [0.1, 0.15) is 0 Å². The van der Waals surface area contributed by atoms with E-state index in [0.717, 1.165) is 0 Å². The van der Waals surface area contributed by atoms with Crippen LogP contribution in [0, 0.1) is 0 Å². The zero-order chi connectivity index (χ0) is 11.6. The van der Waals surface area contributed by atoms with Crippen LogP contribution in [0.15, 0.2) is 0 Å². The summed E-state index contributed by atoms with van der Waals surface area (Å²) in [6, 6.07) is -0.861. The number of hydrogen-bond donors (Lipinski definition) is 1. The molecule has 1 heterocycles. The van der Waals surface area contributed by atoms with Gasteiger partial charge < -0.3 is 0 Å². The molecule has 86 valence electrons. The molecule has 15 heavy (non-hydrogen) atoms. The molecule has 1 N–H and O–H groups in total. The van der Waals surface area contributed by atoms with Gasteiger partial charge in [-0.3, -0.25) is 19.8 Å². The minimum Gasteiger partial charge on any atom is -0.294 e. The standard InChI is InChI=1S/C8H11F3N2O2/c1-5(2-8(9,10)11)13-3-6(14)12-7(15)4-13/h5H,2-4H2,1H3,(H,12,14,15). The van der Waals surface area contributed by atoms with E-state index in [2.05, 4.69) is 0 Å². The van der Waals surface area contributed by atoms with E-state index < -0.39 is 30.5 Å². The minimum absolute atomic E-state index is 0.164. The average molecular weight is 224 g/mol. The van der Waals surface area contributed by atoms with Gasteiger partial charge in [0.25, 0.3) is 0 Å². The lowest BCUT2D eigenvalue weighted by Crippen LogP contribution is -2.54. The number of carbonyl (C=O) groups is 2. The number of rotatable bonds is 2. The van der Waals surface area contributed by atoms with Crippen molar-refractivity contribution < 1.29 is 22.8 Å². The second-order valence-electron chi connectivity index (χ2n) is 3.54. The van der Waals surface area contributed by atoms with Crippen molar-refractivity contribution in [3.63, 3.8) is 0 Å². The van der Waals surface area contributed by atoms with Crippen LogP contribution in [0.3, 0.4) is 0 Å². The maximum atomic E-state index is 12.0. The third kappa shape index (κ3) is 3.86. The summed E-state index contributed by atoms with van der Waals surface area (Å²) in [5.74, 6) is -1.11. The number of alkyl halides is 3. The normalized spacial score (nSPS) is 21.3. The van der Waals surface area contributed by atoms with Gasteiger partial charge >= 0.3 is 6.18 Å². The molecule has 0 aromatic carbocycles. The largest absolute Gasteiger partial charge is 0.390 e. The van der Waals surface area contributed by atoms with Crippen molar-refractivity contribution in [2.75, 3.05) is 13.1 Å². The lowest BCUT2D eigenvalue weighted by molar-refractivity contribution is -0.153. The van der Waals surface area contributed by atoms with Gasteiger partial charge in [0, 0.05) is 6.04 Å². The minimum atomic E-state index is -4.28. The Labute approximate surface area is 84.4 Å². The Morgan fingerprint density at radius 2 is 1.80 bits per heavy atom. The summed E-state index contributed by atoms with van der Waals surface area (Å²) in [4.78, 5) is 23.0. The highest BCUT2D eigenvalue weighted by atomic mass is 19.4. The summed E-state index contributed by atoms with van der Waals surface area (Å²) in [5, 5.41) is 2.03. The van der Waals surface area contributed by atoms with Gasteiger partial charge in [0.2, 0.25) is 11.8 Å². The molecule has 1 unspecified atom stereocenters. The van der Waals surface area contributed by atoms with Crippen LogP contribution in [0.4, 0.5) is 13.2 Å². The van der Waals surface area contributed by atoms with E-state index in [4.69, 9.17) is 0 Å². The fourth-order valence-corrected chi connectivity index (χ4v) is 1.44. The number of imide groups is 1. The first-order valence-corrected chi connectivity index (χ1v) is 4.41. The van der Waals surface area contributed by atoms with Crippen molar-refractivity contribution in [3.8, 4) is 0 Å². The Balaban J connectivity index is 2.55. The predicted molar refractivity (Wildman–Crippen MR) is 44.9 cm³/mol. The van der Waals surface area contributed by atoms with Gasteiger partial charge in [0.05, 0.1) is 19.5 Å². The van der Waals surface area contributed by atoms with Gasteiger partial charge in [-0.05, 0) is 6.92 Å². The number of hydrogen-bond acceptors (Lipinski definition) is 3. The Hall–Kier alpha value is -1.11. The molecule has 1 saturated heterocycles. The molecule has 0 aromatic heterocycles. The van der Waals surface area contributed by atoms with Crippen molar-refractivity contribution in [1.29, 1.82) is 0 Å². The second kappa shape index (κ2) is 4.18. The lowest BCUT2D eigenvalue weighted by Gasteiger charge is -2.31. The van der Waals surface area contributed by atoms with Crippen LogP contribution in [0.5, 0.6) is 0 Å². The molecule has 0 spiro atoms. The van der Waals surface area contributed by atoms with Crippen LogP contribution >= 0.6 is 0 Å². The van der Waals surface area contributed by atoms with E-state index in [0.29, 0.717) is 0 Å². The quantitative estimate of drug-likeness (QED) is 0.686. The van der Waals surface area contributed by atoms with Crippen molar-refractivity contribution in [2.45, 2.75) is 25.6 Å². The van der Waals surface area contributed by atoms with Gasteiger partial charge in [-0.25, -0.2) is 0 Å². The number of piperazine rings is 1. The second-order valence-corrected chi connectivity index (χ2v) is 3.54. The van der Waals surface area contributed by atoms with Crippen LogP contribution in [0.2, 0.25) is 0 Å². The smallest absolute Gasteiger partial charge is 0.294 e. The van der Waals surface area contributed by atoms with Gasteiger partial charge in [-0.2, -0.15) is 13.2 Å². The highest BCUT2D eigenvalue weighted by Gasteiger charge is 2.35. The number of carbonyl (C=O) groups excluding carboxylic acids is 2. The molecule has 0 saturated carbocycles. The van der Waals surface area contributed by atoms with Crippen molar-refractivity contribution in [1.82, 2.24) is 10.2 Å². The van der Waals surface area contributed by atoms with Crippen LogP contribution in [0.25, 0.3) is 0 Å². The number of halogens is 3. The highest BCUT2D eigenvalue weighted by molar-refractivity contribution is 5.99. The van der Waals surface area contributed by atoms with Gasteiger partial charge in [-0.1, -0.05) is 0 Å². The molecule has 2 amide bonds. The summed E-state index contributed by atoms with van der Waals surface area (Å²) in [7, 11) is 0. The predicted octanol–water partition coefficient (Wildman–Crippen LogP) is 0.286. The van der Waals surface area contributed by atoms with Crippen molar-refractivity contribution in [3.05, 3.63) is 0 Å². The molecule has 0 aliphatic carbocycles. The first-order chi connectivity index (χ1) is 6.78. The summed E-state index contributed by atoms with van der Waals surface area (Å²) < 4.78 is 36.1. The van der Waals surface area contributed by atoms with Crippen LogP contribution < -0.4 is 5.32 Å². The molecule has 1 aliphatic rings. The van der Waals surface area contributed by atoms with Crippen molar-refractivity contribution >= 4 is 11.8 Å². The number of nitrogens with one attached hydrogen (secondary N) is 1. The Morgan fingerprint density at radius 3 is 2.20 bits per heavy atom. The number of nitrogens with zero attached hydrogens (tertiary/aromatic N) is 1. The van der Waals surface area contributed by atoms with Gasteiger partial charge in [0.15, 0.2) is 0 Å². The summed E-state index contributed by atoms with van der Waals surface area (Å²) in [5.41, 5.74) is 0. The lowest BCUT2D eigenvalue weighted by atomic mass is 10.1. The fourth-order valence-electron chi connectivity index (χ4n) is 1.44. The first kappa shape index (κ1) is 12.0. The molecule has 0 aromatic rings. The molecular weight excluding hydrogens is 213 g/mol. The molecule has 0 radical (unpaired) electrons. The zero-order valence-corrected chi connectivity index (χ0v) is 8.10. The Kier molecular flexibility index (Phi) is 3.33. The molecule has 4 nitrogen and oxygen atoms in total. The van der Waals surface area contributed by atoms with Crippen LogP contribution in [-0.2, 0) is 9.59 Å². The van der Waals surface area contributed by atoms with Crippen LogP contribution in [-0.4, -0.2) is 42.0 Å². The summed E-state index contributed by atoms with van der Waals surface area (Å²) in [6.07, 6.45) is -5.30.